The molecular formula is C22H29N5S. The minimum absolute atomic E-state index is 0.155. The number of rotatable bonds is 5. The predicted octanol–water partition coefficient (Wildman–Crippen LogP) is 5.38. The fraction of sp³-hybridized carbons (Fsp3) is 0.500. The van der Waals surface area contributed by atoms with E-state index in [9.17, 15) is 0 Å². The van der Waals surface area contributed by atoms with Crippen LogP contribution >= 0.6 is 11.8 Å². The van der Waals surface area contributed by atoms with E-state index in [1.54, 1.807) is 11.8 Å². The van der Waals surface area contributed by atoms with Crippen LogP contribution in [0.25, 0.3) is 11.4 Å². The van der Waals surface area contributed by atoms with Gasteiger partial charge in [0.05, 0.1) is 6.20 Å². The smallest absolute Gasteiger partial charge is 0.192 e. The summed E-state index contributed by atoms with van der Waals surface area (Å²) in [4.78, 5) is 0. The van der Waals surface area contributed by atoms with Gasteiger partial charge in [-0.2, -0.15) is 5.10 Å². The van der Waals surface area contributed by atoms with Gasteiger partial charge in [0.1, 0.15) is 0 Å². The summed E-state index contributed by atoms with van der Waals surface area (Å²) in [5, 5.41) is 14.5. The Hall–Kier alpha value is -2.08. The highest BCUT2D eigenvalue weighted by molar-refractivity contribution is 7.98. The van der Waals surface area contributed by atoms with Crippen LogP contribution in [0.4, 0.5) is 0 Å². The minimum Gasteiger partial charge on any atom is -0.299 e. The van der Waals surface area contributed by atoms with Gasteiger partial charge in [-0.3, -0.25) is 9.25 Å². The lowest BCUT2D eigenvalue weighted by atomic mass is 9.86. The normalized spacial score (nSPS) is 15.4. The van der Waals surface area contributed by atoms with Crippen LogP contribution in [0, 0.1) is 0 Å². The SMILES string of the molecule is Cn1cc(CSc2nnc(-c3ccc(C(C)(C)C)cc3)n2C2CCCC2)cn1. The Balaban J connectivity index is 1.64. The Morgan fingerprint density at radius 1 is 1.07 bits per heavy atom. The van der Waals surface area contributed by atoms with E-state index in [-0.39, 0.29) is 5.41 Å². The summed E-state index contributed by atoms with van der Waals surface area (Å²) in [5.74, 6) is 1.86. The van der Waals surface area contributed by atoms with Gasteiger partial charge in [0, 0.05) is 36.2 Å². The maximum atomic E-state index is 4.61. The van der Waals surface area contributed by atoms with Gasteiger partial charge in [-0.25, -0.2) is 0 Å². The molecule has 1 saturated carbocycles. The number of aryl methyl sites for hydroxylation is 1. The van der Waals surface area contributed by atoms with Gasteiger partial charge in [-0.05, 0) is 23.8 Å². The third-order valence-electron chi connectivity index (χ3n) is 5.49. The summed E-state index contributed by atoms with van der Waals surface area (Å²) < 4.78 is 4.24. The summed E-state index contributed by atoms with van der Waals surface area (Å²) in [7, 11) is 1.95. The van der Waals surface area contributed by atoms with Crippen molar-refractivity contribution in [3.63, 3.8) is 0 Å². The molecule has 0 spiro atoms. The van der Waals surface area contributed by atoms with Crippen molar-refractivity contribution < 1.29 is 0 Å². The summed E-state index contributed by atoms with van der Waals surface area (Å²) in [6, 6.07) is 9.36. The Bertz CT molecular complexity index is 927. The summed E-state index contributed by atoms with van der Waals surface area (Å²) >= 11 is 1.76. The molecule has 0 unspecified atom stereocenters. The molecule has 0 aliphatic heterocycles. The van der Waals surface area contributed by atoms with Crippen LogP contribution < -0.4 is 0 Å². The second-order valence-corrected chi connectivity index (χ2v) is 9.70. The molecule has 5 nitrogen and oxygen atoms in total. The first-order valence-electron chi connectivity index (χ1n) is 10.1. The zero-order valence-corrected chi connectivity index (χ0v) is 18.0. The summed E-state index contributed by atoms with van der Waals surface area (Å²) in [6.07, 6.45) is 9.00. The van der Waals surface area contributed by atoms with E-state index < -0.39 is 0 Å². The molecule has 1 aliphatic rings. The molecule has 1 aromatic carbocycles. The van der Waals surface area contributed by atoms with Crippen molar-refractivity contribution in [1.29, 1.82) is 0 Å². The third-order valence-corrected chi connectivity index (χ3v) is 6.50. The summed E-state index contributed by atoms with van der Waals surface area (Å²) in [6.45, 7) is 6.74. The molecule has 0 atom stereocenters. The Kier molecular flexibility index (Phi) is 5.32. The zero-order chi connectivity index (χ0) is 19.7. The number of nitrogens with zero attached hydrogens (tertiary/aromatic N) is 5. The largest absolute Gasteiger partial charge is 0.299 e. The molecule has 2 heterocycles. The van der Waals surface area contributed by atoms with Crippen LogP contribution in [0.15, 0.2) is 41.8 Å². The molecule has 148 valence electrons. The van der Waals surface area contributed by atoms with Crippen LogP contribution in [0.3, 0.4) is 0 Å². The molecule has 1 aliphatic carbocycles. The molecule has 28 heavy (non-hydrogen) atoms. The number of hydrogen-bond donors (Lipinski definition) is 0. The van der Waals surface area contributed by atoms with Gasteiger partial charge in [-0.15, -0.1) is 10.2 Å². The standard InChI is InChI=1S/C22H29N5S/c1-22(2,3)18-11-9-17(10-12-18)20-24-25-21(27(20)19-7-5-6-8-19)28-15-16-13-23-26(4)14-16/h9-14,19H,5-8,15H2,1-4H3. The van der Waals surface area contributed by atoms with Gasteiger partial charge < -0.3 is 0 Å². The number of benzene rings is 1. The van der Waals surface area contributed by atoms with E-state index in [1.807, 2.05) is 17.9 Å². The van der Waals surface area contributed by atoms with Crippen molar-refractivity contribution in [2.45, 2.75) is 68.8 Å². The first-order chi connectivity index (χ1) is 13.4. The van der Waals surface area contributed by atoms with Crippen LogP contribution in [0.1, 0.15) is 63.6 Å². The molecule has 0 saturated heterocycles. The van der Waals surface area contributed by atoms with Gasteiger partial charge in [0.2, 0.25) is 0 Å². The van der Waals surface area contributed by atoms with Crippen LogP contribution in [0.2, 0.25) is 0 Å². The lowest BCUT2D eigenvalue weighted by Gasteiger charge is -2.20. The molecule has 0 amide bonds. The molecule has 0 radical (unpaired) electrons. The summed E-state index contributed by atoms with van der Waals surface area (Å²) in [5.41, 5.74) is 3.86. The number of thioether (sulfide) groups is 1. The topological polar surface area (TPSA) is 48.5 Å². The molecule has 6 heteroatoms. The monoisotopic (exact) mass is 395 g/mol. The maximum absolute atomic E-state index is 4.61. The van der Waals surface area contributed by atoms with E-state index in [0.717, 1.165) is 22.3 Å². The first-order valence-corrected chi connectivity index (χ1v) is 11.1. The van der Waals surface area contributed by atoms with E-state index >= 15 is 0 Å². The zero-order valence-electron chi connectivity index (χ0n) is 17.2. The molecule has 0 N–H and O–H groups in total. The van der Waals surface area contributed by atoms with Crippen LogP contribution in [-0.2, 0) is 18.2 Å². The van der Waals surface area contributed by atoms with Crippen molar-refractivity contribution in [1.82, 2.24) is 24.5 Å². The van der Waals surface area contributed by atoms with Crippen LogP contribution in [0.5, 0.6) is 0 Å². The van der Waals surface area contributed by atoms with Crippen molar-refractivity contribution in [2.24, 2.45) is 7.05 Å². The van der Waals surface area contributed by atoms with Crippen molar-refractivity contribution >= 4 is 11.8 Å². The lowest BCUT2D eigenvalue weighted by Crippen LogP contribution is -2.11. The van der Waals surface area contributed by atoms with Gasteiger partial charge in [0.15, 0.2) is 11.0 Å². The fourth-order valence-electron chi connectivity index (χ4n) is 3.88. The van der Waals surface area contributed by atoms with E-state index in [0.29, 0.717) is 6.04 Å². The predicted molar refractivity (Wildman–Crippen MR) is 114 cm³/mol. The van der Waals surface area contributed by atoms with Gasteiger partial charge in [-0.1, -0.05) is 69.6 Å². The minimum atomic E-state index is 0.155. The highest BCUT2D eigenvalue weighted by Crippen LogP contribution is 2.37. The molecule has 2 aromatic heterocycles. The Morgan fingerprint density at radius 2 is 1.79 bits per heavy atom. The first kappa shape index (κ1) is 19.2. The van der Waals surface area contributed by atoms with E-state index in [2.05, 4.69) is 71.1 Å². The van der Waals surface area contributed by atoms with Gasteiger partial charge in [0.25, 0.3) is 0 Å². The highest BCUT2D eigenvalue weighted by Gasteiger charge is 2.25. The average molecular weight is 396 g/mol. The molecular weight excluding hydrogens is 366 g/mol. The Labute approximate surface area is 171 Å². The van der Waals surface area contributed by atoms with Crippen molar-refractivity contribution in [2.75, 3.05) is 0 Å². The Morgan fingerprint density at radius 3 is 2.39 bits per heavy atom. The molecule has 1 fully saturated rings. The van der Waals surface area contributed by atoms with Gasteiger partial charge >= 0.3 is 0 Å². The third kappa shape index (κ3) is 4.02. The van der Waals surface area contributed by atoms with Crippen molar-refractivity contribution in [3.05, 3.63) is 47.8 Å². The second kappa shape index (κ2) is 7.74. The number of hydrogen-bond acceptors (Lipinski definition) is 4. The fourth-order valence-corrected chi connectivity index (χ4v) is 4.80. The second-order valence-electron chi connectivity index (χ2n) is 8.75. The molecule has 4 rings (SSSR count). The molecule has 3 aromatic rings. The van der Waals surface area contributed by atoms with E-state index in [4.69, 9.17) is 0 Å². The maximum Gasteiger partial charge on any atom is 0.192 e. The number of aromatic nitrogens is 5. The molecule has 0 bridgehead atoms. The average Bonchev–Trinajstić information content (AvgIpc) is 3.39. The van der Waals surface area contributed by atoms with E-state index in [1.165, 1.54) is 36.8 Å². The quantitative estimate of drug-likeness (QED) is 0.544. The van der Waals surface area contributed by atoms with Crippen molar-refractivity contribution in [3.8, 4) is 11.4 Å². The van der Waals surface area contributed by atoms with Crippen LogP contribution in [-0.4, -0.2) is 24.5 Å². The lowest BCUT2D eigenvalue weighted by molar-refractivity contribution is 0.485. The highest BCUT2D eigenvalue weighted by atomic mass is 32.2.